The zero-order chi connectivity index (χ0) is 28.8. The van der Waals surface area contributed by atoms with E-state index in [1.165, 1.54) is 37.4 Å². The predicted octanol–water partition coefficient (Wildman–Crippen LogP) is 3.78. The van der Waals surface area contributed by atoms with Gasteiger partial charge in [-0.2, -0.15) is 4.98 Å². The van der Waals surface area contributed by atoms with Crippen molar-refractivity contribution in [1.29, 1.82) is 0 Å². The molecule has 0 radical (unpaired) electrons. The Hall–Kier alpha value is -3.09. The van der Waals surface area contributed by atoms with E-state index < -0.39 is 39.6 Å². The molecule has 2 atom stereocenters. The number of carbonyl (C=O) groups is 1. The fraction of sp³-hybridized carbons (Fsp3) is 0.500. The summed E-state index contributed by atoms with van der Waals surface area (Å²) >= 11 is 0. The normalized spacial score (nSPS) is 14.0. The van der Waals surface area contributed by atoms with Crippen LogP contribution >= 0.6 is 0 Å². The molecule has 1 heterocycles. The number of hydrogen-bond donors (Lipinski definition) is 2. The summed E-state index contributed by atoms with van der Waals surface area (Å²) in [4.78, 5) is 20.6. The molecule has 0 saturated heterocycles. The van der Waals surface area contributed by atoms with E-state index in [9.17, 15) is 27.8 Å². The molecular formula is C26H36FN3O7S. The molecule has 1 aromatic carbocycles. The van der Waals surface area contributed by atoms with E-state index in [0.29, 0.717) is 11.3 Å². The van der Waals surface area contributed by atoms with Crippen molar-refractivity contribution >= 4 is 28.0 Å². The highest BCUT2D eigenvalue weighted by Crippen LogP contribution is 2.33. The van der Waals surface area contributed by atoms with E-state index >= 15 is 0 Å². The Kier molecular flexibility index (Phi) is 10.4. The van der Waals surface area contributed by atoms with Gasteiger partial charge in [-0.1, -0.05) is 26.0 Å². The van der Waals surface area contributed by atoms with Crippen molar-refractivity contribution in [2.45, 2.75) is 71.2 Å². The number of ether oxygens (including phenoxy) is 2. The number of anilines is 1. The molecule has 2 aromatic rings. The molecular weight excluding hydrogens is 517 g/mol. The molecule has 10 nitrogen and oxygen atoms in total. The van der Waals surface area contributed by atoms with Crippen LogP contribution < -0.4 is 9.04 Å². The van der Waals surface area contributed by atoms with E-state index in [2.05, 4.69) is 9.97 Å². The first-order valence-electron chi connectivity index (χ1n) is 12.0. The van der Waals surface area contributed by atoms with Gasteiger partial charge in [0.05, 0.1) is 36.1 Å². The number of aliphatic hydroxyl groups is 2. The van der Waals surface area contributed by atoms with Gasteiger partial charge in [-0.25, -0.2) is 22.1 Å². The Labute approximate surface area is 223 Å². The highest BCUT2D eigenvalue weighted by molar-refractivity contribution is 7.92. The topological polar surface area (TPSA) is 139 Å². The zero-order valence-corrected chi connectivity index (χ0v) is 23.5. The Bertz CT molecular complexity index is 1260. The first kappa shape index (κ1) is 31.1. The monoisotopic (exact) mass is 553 g/mol. The SMILES string of the molecule is CC(C)c1nc(N(C)S(C)(=O)=O)nc(Oc2cccc(F)c2)c1/C=C/[C@@H](O)C[C@@H](O)CC(=O)OC(C)(C)C. The highest BCUT2D eigenvalue weighted by Gasteiger charge is 2.24. The number of esters is 1. The van der Waals surface area contributed by atoms with Crippen molar-refractivity contribution in [2.75, 3.05) is 17.6 Å². The molecule has 2 N–H and O–H groups in total. The number of hydrogen-bond acceptors (Lipinski definition) is 9. The molecule has 2 rings (SSSR count). The Balaban J connectivity index is 2.42. The minimum absolute atomic E-state index is 0.0578. The molecule has 210 valence electrons. The second-order valence-electron chi connectivity index (χ2n) is 10.2. The van der Waals surface area contributed by atoms with Crippen LogP contribution in [-0.4, -0.2) is 65.7 Å². The van der Waals surface area contributed by atoms with Gasteiger partial charge in [0.15, 0.2) is 0 Å². The van der Waals surface area contributed by atoms with Crippen molar-refractivity contribution in [2.24, 2.45) is 0 Å². The van der Waals surface area contributed by atoms with Crippen LogP contribution in [0.15, 0.2) is 30.3 Å². The quantitative estimate of drug-likeness (QED) is 0.398. The summed E-state index contributed by atoms with van der Waals surface area (Å²) in [5.41, 5.74) is 0.0445. The Morgan fingerprint density at radius 3 is 2.42 bits per heavy atom. The second-order valence-corrected chi connectivity index (χ2v) is 12.2. The second kappa shape index (κ2) is 12.6. The fourth-order valence-electron chi connectivity index (χ4n) is 3.28. The summed E-state index contributed by atoms with van der Waals surface area (Å²) in [5.74, 6) is -1.44. The predicted molar refractivity (Wildman–Crippen MR) is 142 cm³/mol. The van der Waals surface area contributed by atoms with Crippen LogP contribution in [0.5, 0.6) is 11.6 Å². The number of aliphatic hydroxyl groups excluding tert-OH is 2. The van der Waals surface area contributed by atoms with Crippen molar-refractivity contribution < 1.29 is 37.3 Å². The summed E-state index contributed by atoms with van der Waals surface area (Å²) in [6.45, 7) is 8.80. The molecule has 0 aliphatic carbocycles. The summed E-state index contributed by atoms with van der Waals surface area (Å²) < 4.78 is 50.0. The molecule has 1 aromatic heterocycles. The summed E-state index contributed by atoms with van der Waals surface area (Å²) in [6.07, 6.45) is 1.11. The van der Waals surface area contributed by atoms with Gasteiger partial charge in [0.25, 0.3) is 0 Å². The van der Waals surface area contributed by atoms with Crippen LogP contribution in [0, 0.1) is 5.82 Å². The number of nitrogens with zero attached hydrogens (tertiary/aromatic N) is 3. The standard InChI is InChI=1S/C26H36FN3O7S/c1-16(2)23-21(12-11-18(31)14-19(32)15-22(33)37-26(3,4)5)24(36-20-10-8-9-17(27)13-20)29-25(28-23)30(6)38(7,34)35/h8-13,16,18-19,31-32H,14-15H2,1-7H3/b12-11+/t18-,19-/m1/s1. The molecule has 0 aliphatic rings. The molecule has 0 amide bonds. The Morgan fingerprint density at radius 2 is 1.87 bits per heavy atom. The molecule has 38 heavy (non-hydrogen) atoms. The highest BCUT2D eigenvalue weighted by atomic mass is 32.2. The maximum absolute atomic E-state index is 13.8. The largest absolute Gasteiger partial charge is 0.460 e. The summed E-state index contributed by atoms with van der Waals surface area (Å²) in [5, 5.41) is 20.7. The van der Waals surface area contributed by atoms with Crippen LogP contribution in [0.4, 0.5) is 10.3 Å². The molecule has 0 bridgehead atoms. The summed E-state index contributed by atoms with van der Waals surface area (Å²) in [7, 11) is -2.40. The van der Waals surface area contributed by atoms with E-state index in [4.69, 9.17) is 9.47 Å². The van der Waals surface area contributed by atoms with E-state index in [0.717, 1.165) is 16.6 Å². The van der Waals surface area contributed by atoms with Gasteiger partial charge in [-0.3, -0.25) is 4.79 Å². The molecule has 0 aliphatic heterocycles. The van der Waals surface area contributed by atoms with Crippen LogP contribution in [0.1, 0.15) is 64.6 Å². The number of aromatic nitrogens is 2. The van der Waals surface area contributed by atoms with Crippen molar-refractivity contribution in [3.8, 4) is 11.6 Å². The van der Waals surface area contributed by atoms with Gasteiger partial charge in [0.2, 0.25) is 21.9 Å². The molecule has 0 spiro atoms. The lowest BCUT2D eigenvalue weighted by atomic mass is 10.0. The number of rotatable bonds is 11. The minimum atomic E-state index is -3.70. The van der Waals surface area contributed by atoms with Gasteiger partial charge in [-0.05, 0) is 44.9 Å². The first-order chi connectivity index (χ1) is 17.5. The fourth-order valence-corrected chi connectivity index (χ4v) is 3.66. The third kappa shape index (κ3) is 9.66. The third-order valence-corrected chi connectivity index (χ3v) is 6.24. The van der Waals surface area contributed by atoms with Gasteiger partial charge in [-0.15, -0.1) is 0 Å². The number of carbonyl (C=O) groups excluding carboxylic acids is 1. The zero-order valence-electron chi connectivity index (χ0n) is 22.7. The smallest absolute Gasteiger partial charge is 0.308 e. The van der Waals surface area contributed by atoms with E-state index in [1.54, 1.807) is 20.8 Å². The molecule has 0 fully saturated rings. The Morgan fingerprint density at radius 1 is 1.21 bits per heavy atom. The molecule has 12 heteroatoms. The lowest BCUT2D eigenvalue weighted by molar-refractivity contribution is -0.157. The van der Waals surface area contributed by atoms with Gasteiger partial charge in [0, 0.05) is 19.5 Å². The number of halogens is 1. The average Bonchev–Trinajstić information content (AvgIpc) is 2.75. The van der Waals surface area contributed by atoms with E-state index in [-0.39, 0.29) is 36.3 Å². The molecule has 0 saturated carbocycles. The maximum Gasteiger partial charge on any atom is 0.308 e. The minimum Gasteiger partial charge on any atom is -0.460 e. The van der Waals surface area contributed by atoms with Crippen molar-refractivity contribution in [3.05, 3.63) is 47.4 Å². The lowest BCUT2D eigenvalue weighted by Crippen LogP contribution is -2.28. The lowest BCUT2D eigenvalue weighted by Gasteiger charge is -2.21. The van der Waals surface area contributed by atoms with Crippen LogP contribution in [-0.2, 0) is 19.6 Å². The van der Waals surface area contributed by atoms with Gasteiger partial charge >= 0.3 is 5.97 Å². The maximum atomic E-state index is 13.8. The first-order valence-corrected chi connectivity index (χ1v) is 13.9. The third-order valence-electron chi connectivity index (χ3n) is 5.09. The van der Waals surface area contributed by atoms with Gasteiger partial charge < -0.3 is 19.7 Å². The van der Waals surface area contributed by atoms with Crippen LogP contribution in [0.25, 0.3) is 6.08 Å². The number of benzene rings is 1. The average molecular weight is 554 g/mol. The van der Waals surface area contributed by atoms with Crippen molar-refractivity contribution in [1.82, 2.24) is 9.97 Å². The molecule has 0 unspecified atom stereocenters. The van der Waals surface area contributed by atoms with Gasteiger partial charge in [0.1, 0.15) is 17.2 Å². The van der Waals surface area contributed by atoms with Crippen LogP contribution in [0.3, 0.4) is 0 Å². The van der Waals surface area contributed by atoms with Crippen LogP contribution in [0.2, 0.25) is 0 Å². The van der Waals surface area contributed by atoms with E-state index in [1.807, 2.05) is 13.8 Å². The number of sulfonamides is 1. The van der Waals surface area contributed by atoms with Crippen molar-refractivity contribution in [3.63, 3.8) is 0 Å². The summed E-state index contributed by atoms with van der Waals surface area (Å²) in [6, 6.07) is 5.35.